The van der Waals surface area contributed by atoms with E-state index in [0.29, 0.717) is 23.8 Å². The van der Waals surface area contributed by atoms with Crippen molar-refractivity contribution in [1.82, 2.24) is 9.88 Å². The highest BCUT2D eigenvalue weighted by Crippen LogP contribution is 2.32. The van der Waals surface area contributed by atoms with Gasteiger partial charge in [0.05, 0.1) is 12.2 Å². The molecule has 0 bridgehead atoms. The summed E-state index contributed by atoms with van der Waals surface area (Å²) in [6, 6.07) is 13.9. The fraction of sp³-hybridized carbons (Fsp3) is 0.318. The zero-order valence-corrected chi connectivity index (χ0v) is 16.3. The number of aromatic nitrogens is 1. The van der Waals surface area contributed by atoms with Crippen LogP contribution in [-0.4, -0.2) is 28.2 Å². The minimum Gasteiger partial charge on any atom is -0.333 e. The van der Waals surface area contributed by atoms with Gasteiger partial charge in [-0.3, -0.25) is 9.59 Å². The summed E-state index contributed by atoms with van der Waals surface area (Å²) in [6.45, 7) is 1.20. The second-order valence-electron chi connectivity index (χ2n) is 7.54. The average Bonchev–Trinajstić information content (AvgIpc) is 3.06. The maximum atomic E-state index is 13.0. The number of nitrogens with zero attached hydrogens (tertiary/aromatic N) is 2. The number of carbonyl (C=O) groups is 2. The van der Waals surface area contributed by atoms with Crippen molar-refractivity contribution in [3.05, 3.63) is 58.6 Å². The number of hydrogen-bond donors (Lipinski definition) is 1. The molecule has 1 saturated carbocycles. The van der Waals surface area contributed by atoms with Gasteiger partial charge >= 0.3 is 0 Å². The predicted octanol–water partition coefficient (Wildman–Crippen LogP) is 4.23. The lowest BCUT2D eigenvalue weighted by Gasteiger charge is -2.26. The van der Waals surface area contributed by atoms with Crippen molar-refractivity contribution in [2.45, 2.75) is 32.2 Å². The zero-order valence-electron chi connectivity index (χ0n) is 15.5. The average molecular weight is 391 g/mol. The van der Waals surface area contributed by atoms with Gasteiger partial charge in [0.15, 0.2) is 5.13 Å². The lowest BCUT2D eigenvalue weighted by Crippen LogP contribution is -2.35. The van der Waals surface area contributed by atoms with Crippen molar-refractivity contribution in [1.29, 1.82) is 0 Å². The summed E-state index contributed by atoms with van der Waals surface area (Å²) in [7, 11) is 0. The van der Waals surface area contributed by atoms with Gasteiger partial charge in [-0.2, -0.15) is 0 Å². The summed E-state index contributed by atoms with van der Waals surface area (Å²) in [5.74, 6) is 0.276. The number of carbonyl (C=O) groups excluding carboxylic acids is 2. The van der Waals surface area contributed by atoms with Crippen molar-refractivity contribution in [2.75, 3.05) is 11.9 Å². The smallest absolute Gasteiger partial charge is 0.254 e. The van der Waals surface area contributed by atoms with Crippen molar-refractivity contribution in [3.8, 4) is 0 Å². The summed E-state index contributed by atoms with van der Waals surface area (Å²) in [5, 5.41) is 5.84. The highest BCUT2D eigenvalue weighted by Gasteiger charge is 2.28. The van der Waals surface area contributed by atoms with Gasteiger partial charge in [-0.05, 0) is 35.7 Å². The van der Waals surface area contributed by atoms with Gasteiger partial charge in [0.25, 0.3) is 5.91 Å². The first kappa shape index (κ1) is 17.4. The number of amides is 2. The Morgan fingerprint density at radius 2 is 1.93 bits per heavy atom. The Morgan fingerprint density at radius 3 is 2.71 bits per heavy atom. The Bertz CT molecular complexity index is 1070. The molecule has 1 fully saturated rings. The van der Waals surface area contributed by atoms with Gasteiger partial charge in [-0.15, -0.1) is 0 Å². The predicted molar refractivity (Wildman–Crippen MR) is 110 cm³/mol. The molecule has 1 aliphatic carbocycles. The topological polar surface area (TPSA) is 62.3 Å². The molecule has 28 heavy (non-hydrogen) atoms. The molecule has 5 rings (SSSR count). The van der Waals surface area contributed by atoms with Gasteiger partial charge < -0.3 is 10.2 Å². The van der Waals surface area contributed by atoms with Crippen LogP contribution in [-0.2, 0) is 17.8 Å². The van der Waals surface area contributed by atoms with E-state index < -0.39 is 0 Å². The van der Waals surface area contributed by atoms with Gasteiger partial charge in [-0.25, -0.2) is 4.98 Å². The normalized spacial score (nSPS) is 16.5. The van der Waals surface area contributed by atoms with Crippen LogP contribution in [0, 0.1) is 5.92 Å². The van der Waals surface area contributed by atoms with Crippen LogP contribution >= 0.6 is 11.3 Å². The Morgan fingerprint density at radius 1 is 1.11 bits per heavy atom. The second kappa shape index (κ2) is 7.02. The second-order valence-corrected chi connectivity index (χ2v) is 8.63. The molecule has 0 saturated heterocycles. The third-order valence-corrected chi connectivity index (χ3v) is 6.72. The number of nitrogens with one attached hydrogen (secondary N) is 1. The van der Waals surface area contributed by atoms with Gasteiger partial charge in [0, 0.05) is 29.3 Å². The van der Waals surface area contributed by atoms with E-state index in [1.54, 1.807) is 0 Å². The van der Waals surface area contributed by atoms with E-state index in [4.69, 9.17) is 0 Å². The zero-order chi connectivity index (χ0) is 19.1. The molecule has 5 nitrogen and oxygen atoms in total. The van der Waals surface area contributed by atoms with E-state index in [2.05, 4.69) is 10.3 Å². The van der Waals surface area contributed by atoms with Crippen LogP contribution in [0.1, 0.15) is 40.2 Å². The molecule has 2 aliphatic rings. The van der Waals surface area contributed by atoms with E-state index in [-0.39, 0.29) is 17.7 Å². The fourth-order valence-corrected chi connectivity index (χ4v) is 4.83. The monoisotopic (exact) mass is 391 g/mol. The molecule has 0 spiro atoms. The maximum Gasteiger partial charge on any atom is 0.254 e. The molecule has 3 aromatic rings. The molecule has 2 aromatic carbocycles. The van der Waals surface area contributed by atoms with Gasteiger partial charge in [0.1, 0.15) is 0 Å². The first-order valence-electron chi connectivity index (χ1n) is 9.75. The number of rotatable bonds is 3. The molecular formula is C22H21N3O2S. The number of fused-ring (bicyclic) bond motifs is 2. The van der Waals surface area contributed by atoms with Crippen LogP contribution < -0.4 is 5.32 Å². The summed E-state index contributed by atoms with van der Waals surface area (Å²) >= 11 is 1.50. The van der Waals surface area contributed by atoms with Crippen LogP contribution in [0.25, 0.3) is 10.8 Å². The Hall–Kier alpha value is -2.73. The van der Waals surface area contributed by atoms with E-state index in [0.717, 1.165) is 47.0 Å². The minimum atomic E-state index is 0.0462. The Balaban J connectivity index is 1.31. The van der Waals surface area contributed by atoms with Crippen LogP contribution in [0.15, 0.2) is 42.5 Å². The molecule has 142 valence electrons. The van der Waals surface area contributed by atoms with Gasteiger partial charge in [0.2, 0.25) is 5.91 Å². The number of benzene rings is 2. The maximum absolute atomic E-state index is 13.0. The van der Waals surface area contributed by atoms with Crippen LogP contribution in [0.2, 0.25) is 0 Å². The third kappa shape index (κ3) is 3.18. The molecule has 1 aliphatic heterocycles. The molecule has 0 radical (unpaired) electrons. The number of thiazole rings is 1. The summed E-state index contributed by atoms with van der Waals surface area (Å²) in [6.07, 6.45) is 3.82. The molecular weight excluding hydrogens is 370 g/mol. The van der Waals surface area contributed by atoms with Crippen LogP contribution in [0.3, 0.4) is 0 Å². The largest absolute Gasteiger partial charge is 0.333 e. The summed E-state index contributed by atoms with van der Waals surface area (Å²) in [5.41, 5.74) is 1.72. The highest BCUT2D eigenvalue weighted by molar-refractivity contribution is 7.15. The first-order chi connectivity index (χ1) is 13.7. The highest BCUT2D eigenvalue weighted by atomic mass is 32.1. The Labute approximate surface area is 167 Å². The molecule has 1 N–H and O–H groups in total. The molecule has 1 aromatic heterocycles. The van der Waals surface area contributed by atoms with Crippen molar-refractivity contribution < 1.29 is 9.59 Å². The molecule has 2 heterocycles. The quantitative estimate of drug-likeness (QED) is 0.727. The van der Waals surface area contributed by atoms with Crippen LogP contribution in [0.4, 0.5) is 5.13 Å². The lowest BCUT2D eigenvalue weighted by atomic mass is 9.85. The third-order valence-electron chi connectivity index (χ3n) is 5.72. The van der Waals surface area contributed by atoms with E-state index in [1.807, 2.05) is 47.4 Å². The van der Waals surface area contributed by atoms with Crippen LogP contribution in [0.5, 0.6) is 0 Å². The molecule has 0 atom stereocenters. The van der Waals surface area contributed by atoms with E-state index in [1.165, 1.54) is 11.3 Å². The molecule has 2 amide bonds. The minimum absolute atomic E-state index is 0.0462. The SMILES string of the molecule is O=C(Nc1nc2c(s1)CN(C(=O)c1ccc3ccccc3c1)CC2)C1CCC1. The van der Waals surface area contributed by atoms with Crippen molar-refractivity contribution >= 4 is 39.1 Å². The summed E-state index contributed by atoms with van der Waals surface area (Å²) in [4.78, 5) is 32.7. The van der Waals surface area contributed by atoms with Gasteiger partial charge in [-0.1, -0.05) is 48.1 Å². The lowest BCUT2D eigenvalue weighted by molar-refractivity contribution is -0.122. The Kier molecular flexibility index (Phi) is 4.36. The molecule has 0 unspecified atom stereocenters. The van der Waals surface area contributed by atoms with Crippen molar-refractivity contribution in [2.24, 2.45) is 5.92 Å². The number of hydrogen-bond acceptors (Lipinski definition) is 4. The fourth-order valence-electron chi connectivity index (χ4n) is 3.81. The van der Waals surface area contributed by atoms with E-state index >= 15 is 0 Å². The first-order valence-corrected chi connectivity index (χ1v) is 10.6. The standard InChI is InChI=1S/C22H21N3O2S/c26-20(15-6-3-7-15)24-22-23-18-10-11-25(13-19(18)28-22)21(27)17-9-8-14-4-1-2-5-16(14)12-17/h1-2,4-5,8-9,12,15H,3,6-7,10-11,13H2,(H,23,24,26). The molecule has 6 heteroatoms. The van der Waals surface area contributed by atoms with Crippen molar-refractivity contribution in [3.63, 3.8) is 0 Å². The number of anilines is 1. The van der Waals surface area contributed by atoms with E-state index in [9.17, 15) is 9.59 Å². The summed E-state index contributed by atoms with van der Waals surface area (Å²) < 4.78 is 0.